The Hall–Kier alpha value is -4.05. The molecule has 5 rings (SSSR count). The topological polar surface area (TPSA) is 121 Å². The molecule has 210 valence electrons. The van der Waals surface area contributed by atoms with Crippen LogP contribution < -0.4 is 19.9 Å². The number of primary amides is 1. The van der Waals surface area contributed by atoms with Gasteiger partial charge in [0.2, 0.25) is 5.91 Å². The van der Waals surface area contributed by atoms with E-state index in [4.69, 9.17) is 19.9 Å². The van der Waals surface area contributed by atoms with Gasteiger partial charge in [0.15, 0.2) is 28.9 Å². The number of hydrogen-bond donors (Lipinski definition) is 2. The molecule has 0 radical (unpaired) electrons. The summed E-state index contributed by atoms with van der Waals surface area (Å²) in [6.45, 7) is 3.01. The molecule has 1 saturated carbocycles. The SMILES string of the molecule is COc1cc(C(=O)CC[C@](C)(O)c2cc3c(c(-c4ccc(F)c(F)c4)n2)OC[C@]3(C)C(N)=O)ccc1OC1CC1. The minimum Gasteiger partial charge on any atom is -0.493 e. The molecule has 2 heterocycles. The number of aliphatic hydroxyl groups is 1. The Morgan fingerprint density at radius 2 is 1.90 bits per heavy atom. The number of ether oxygens (including phenoxy) is 3. The lowest BCUT2D eigenvalue weighted by atomic mass is 9.81. The molecule has 1 amide bonds. The molecule has 2 atom stereocenters. The molecular weight excluding hydrogens is 522 g/mol. The van der Waals surface area contributed by atoms with Gasteiger partial charge in [0.05, 0.1) is 18.9 Å². The number of amides is 1. The summed E-state index contributed by atoms with van der Waals surface area (Å²) >= 11 is 0. The van der Waals surface area contributed by atoms with Gasteiger partial charge in [-0.2, -0.15) is 0 Å². The molecule has 0 saturated heterocycles. The van der Waals surface area contributed by atoms with Crippen LogP contribution in [0.1, 0.15) is 61.1 Å². The van der Waals surface area contributed by atoms with E-state index in [2.05, 4.69) is 4.98 Å². The van der Waals surface area contributed by atoms with Crippen LogP contribution in [0.25, 0.3) is 11.3 Å². The summed E-state index contributed by atoms with van der Waals surface area (Å²) in [5.74, 6) is -1.79. The Balaban J connectivity index is 1.45. The fourth-order valence-electron chi connectivity index (χ4n) is 4.64. The van der Waals surface area contributed by atoms with Crippen LogP contribution >= 0.6 is 0 Å². The van der Waals surface area contributed by atoms with E-state index in [1.807, 2.05) is 0 Å². The quantitative estimate of drug-likeness (QED) is 0.353. The summed E-state index contributed by atoms with van der Waals surface area (Å²) in [6, 6.07) is 9.74. The number of ketones is 1. The maximum atomic E-state index is 14.1. The molecule has 3 aromatic rings. The molecule has 3 N–H and O–H groups in total. The van der Waals surface area contributed by atoms with Crippen LogP contribution in [-0.2, 0) is 15.8 Å². The van der Waals surface area contributed by atoms with Crippen molar-refractivity contribution >= 4 is 11.7 Å². The summed E-state index contributed by atoms with van der Waals surface area (Å²) < 4.78 is 44.8. The average molecular weight is 553 g/mol. The number of pyridine rings is 1. The predicted octanol–water partition coefficient (Wildman–Crippen LogP) is 4.58. The molecule has 40 heavy (non-hydrogen) atoms. The van der Waals surface area contributed by atoms with Crippen molar-refractivity contribution in [1.29, 1.82) is 0 Å². The zero-order valence-electron chi connectivity index (χ0n) is 22.4. The summed E-state index contributed by atoms with van der Waals surface area (Å²) in [6.07, 6.45) is 2.08. The zero-order chi connectivity index (χ0) is 28.8. The highest BCUT2D eigenvalue weighted by Gasteiger charge is 2.45. The lowest BCUT2D eigenvalue weighted by Gasteiger charge is -2.26. The molecule has 1 fully saturated rings. The van der Waals surface area contributed by atoms with Crippen molar-refractivity contribution in [2.75, 3.05) is 13.7 Å². The van der Waals surface area contributed by atoms with Crippen molar-refractivity contribution in [3.63, 3.8) is 0 Å². The number of carbonyl (C=O) groups excluding carboxylic acids is 2. The van der Waals surface area contributed by atoms with Crippen LogP contribution in [0, 0.1) is 11.6 Å². The molecule has 1 aliphatic carbocycles. The lowest BCUT2D eigenvalue weighted by molar-refractivity contribution is -0.123. The third-order valence-corrected chi connectivity index (χ3v) is 7.50. The first kappa shape index (κ1) is 27.5. The highest BCUT2D eigenvalue weighted by atomic mass is 19.2. The summed E-state index contributed by atoms with van der Waals surface area (Å²) in [7, 11) is 1.50. The lowest BCUT2D eigenvalue weighted by Crippen LogP contribution is -2.40. The maximum absolute atomic E-state index is 14.1. The third-order valence-electron chi connectivity index (χ3n) is 7.50. The zero-order valence-corrected chi connectivity index (χ0v) is 22.4. The van der Waals surface area contributed by atoms with Crippen molar-refractivity contribution in [2.45, 2.75) is 56.7 Å². The first-order chi connectivity index (χ1) is 18.9. The number of rotatable bonds is 10. The van der Waals surface area contributed by atoms with Crippen molar-refractivity contribution in [2.24, 2.45) is 5.73 Å². The van der Waals surface area contributed by atoms with Gasteiger partial charge in [0.1, 0.15) is 29.1 Å². The Bertz CT molecular complexity index is 1500. The molecule has 0 unspecified atom stereocenters. The number of benzene rings is 2. The van der Waals surface area contributed by atoms with Crippen LogP contribution in [0.5, 0.6) is 17.2 Å². The van der Waals surface area contributed by atoms with Gasteiger partial charge in [-0.05, 0) is 75.6 Å². The molecule has 8 nitrogen and oxygen atoms in total. The molecule has 0 bridgehead atoms. The molecule has 1 aromatic heterocycles. The predicted molar refractivity (Wildman–Crippen MR) is 141 cm³/mol. The average Bonchev–Trinajstić information content (AvgIpc) is 3.68. The van der Waals surface area contributed by atoms with E-state index in [0.29, 0.717) is 22.6 Å². The molecular formula is C30H30F2N2O6. The number of carbonyl (C=O) groups is 2. The van der Waals surface area contributed by atoms with Crippen molar-refractivity contribution < 1.29 is 37.7 Å². The highest BCUT2D eigenvalue weighted by Crippen LogP contribution is 2.46. The fourth-order valence-corrected chi connectivity index (χ4v) is 4.64. The second-order valence-corrected chi connectivity index (χ2v) is 10.7. The van der Waals surface area contributed by atoms with Crippen molar-refractivity contribution in [3.05, 3.63) is 70.9 Å². The Kier molecular flexibility index (Phi) is 6.99. The first-order valence-corrected chi connectivity index (χ1v) is 13.0. The van der Waals surface area contributed by atoms with Crippen molar-refractivity contribution in [3.8, 4) is 28.5 Å². The van der Waals surface area contributed by atoms with Crippen LogP contribution in [0.2, 0.25) is 0 Å². The molecule has 2 aromatic carbocycles. The number of halogens is 2. The minimum atomic E-state index is -1.64. The normalized spacial score (nSPS) is 19.4. The van der Waals surface area contributed by atoms with Gasteiger partial charge in [0, 0.05) is 23.1 Å². The van der Waals surface area contributed by atoms with E-state index in [9.17, 15) is 23.5 Å². The van der Waals surface area contributed by atoms with Crippen LogP contribution in [0.4, 0.5) is 8.78 Å². The van der Waals surface area contributed by atoms with Crippen LogP contribution in [0.3, 0.4) is 0 Å². The van der Waals surface area contributed by atoms with Gasteiger partial charge >= 0.3 is 0 Å². The standard InChI is InChI=1S/C30H30F2N2O6/c1-29(28(33)36)15-39-27-19(29)14-25(34-26(27)17-4-8-20(31)21(32)12-17)30(2,37)11-10-22(35)16-5-9-23(24(13-16)38-3)40-18-6-7-18/h4-5,8-9,12-14,18,37H,6-7,10-11,15H2,1-3H3,(H2,33,36)/t29-,30-/m0/s1. The fraction of sp³-hybridized carbons (Fsp3) is 0.367. The number of methoxy groups -OCH3 is 1. The van der Waals surface area contributed by atoms with E-state index in [1.165, 1.54) is 26.2 Å². The first-order valence-electron chi connectivity index (χ1n) is 13.0. The number of Topliss-reactive ketones (excluding diaryl/α,β-unsaturated/α-hetero) is 1. The van der Waals surface area contributed by atoms with E-state index in [-0.39, 0.29) is 54.0 Å². The molecule has 1 aliphatic heterocycles. The second-order valence-electron chi connectivity index (χ2n) is 10.7. The summed E-state index contributed by atoms with van der Waals surface area (Å²) in [5, 5.41) is 11.5. The number of fused-ring (bicyclic) bond motifs is 1. The van der Waals surface area contributed by atoms with E-state index in [1.54, 1.807) is 25.1 Å². The van der Waals surface area contributed by atoms with Gasteiger partial charge < -0.3 is 25.1 Å². The summed E-state index contributed by atoms with van der Waals surface area (Å²) in [5.41, 5.74) is 4.02. The van der Waals surface area contributed by atoms with Gasteiger partial charge in [-0.1, -0.05) is 0 Å². The smallest absolute Gasteiger partial charge is 0.231 e. The van der Waals surface area contributed by atoms with Gasteiger partial charge in [-0.3, -0.25) is 9.59 Å². The van der Waals surface area contributed by atoms with Crippen LogP contribution in [0.15, 0.2) is 42.5 Å². The number of aromatic nitrogens is 1. The van der Waals surface area contributed by atoms with Crippen LogP contribution in [-0.4, -0.2) is 41.6 Å². The van der Waals surface area contributed by atoms with Crippen molar-refractivity contribution in [1.82, 2.24) is 4.98 Å². The highest BCUT2D eigenvalue weighted by molar-refractivity contribution is 5.96. The number of nitrogens with zero attached hydrogens (tertiary/aromatic N) is 1. The molecule has 2 aliphatic rings. The summed E-state index contributed by atoms with van der Waals surface area (Å²) in [4.78, 5) is 30.0. The Labute approximate surface area is 230 Å². The third kappa shape index (κ3) is 5.11. The molecule has 10 heteroatoms. The Morgan fingerprint density at radius 3 is 2.55 bits per heavy atom. The second kappa shape index (κ2) is 10.2. The molecule has 0 spiro atoms. The number of hydrogen-bond acceptors (Lipinski definition) is 7. The largest absolute Gasteiger partial charge is 0.493 e. The van der Waals surface area contributed by atoms with Gasteiger partial charge in [-0.15, -0.1) is 0 Å². The minimum absolute atomic E-state index is 0.0222. The maximum Gasteiger partial charge on any atom is 0.231 e. The van der Waals surface area contributed by atoms with E-state index < -0.39 is 28.6 Å². The van der Waals surface area contributed by atoms with E-state index >= 15 is 0 Å². The van der Waals surface area contributed by atoms with E-state index in [0.717, 1.165) is 25.0 Å². The van der Waals surface area contributed by atoms with Gasteiger partial charge in [0.25, 0.3) is 0 Å². The Morgan fingerprint density at radius 1 is 1.15 bits per heavy atom. The number of nitrogens with two attached hydrogens (primary N) is 1. The van der Waals surface area contributed by atoms with Gasteiger partial charge in [-0.25, -0.2) is 13.8 Å². The monoisotopic (exact) mass is 552 g/mol.